The normalized spacial score (nSPS) is 26.1. The van der Waals surface area contributed by atoms with Crippen molar-refractivity contribution in [3.63, 3.8) is 0 Å². The van der Waals surface area contributed by atoms with Gasteiger partial charge in [-0.15, -0.1) is 10.8 Å². The van der Waals surface area contributed by atoms with E-state index in [0.29, 0.717) is 35.7 Å². The van der Waals surface area contributed by atoms with Crippen molar-refractivity contribution in [3.8, 4) is 5.75 Å². The number of guanidine groups is 1. The molecule has 0 spiro atoms. The summed E-state index contributed by atoms with van der Waals surface area (Å²) in [5.74, 6) is 0.263. The van der Waals surface area contributed by atoms with Crippen molar-refractivity contribution in [1.29, 1.82) is 0 Å². The smallest absolute Gasteiger partial charge is 0.274 e. The van der Waals surface area contributed by atoms with Crippen LogP contribution in [0.25, 0.3) is 0 Å². The summed E-state index contributed by atoms with van der Waals surface area (Å²) in [5, 5.41) is 2.20. The zero-order valence-electron chi connectivity index (χ0n) is 16.1. The van der Waals surface area contributed by atoms with Gasteiger partial charge in [0.25, 0.3) is 5.91 Å². The maximum Gasteiger partial charge on any atom is 0.274 e. The number of hydrogen-bond donors (Lipinski definition) is 4. The van der Waals surface area contributed by atoms with Gasteiger partial charge in [-0.25, -0.2) is 9.30 Å². The van der Waals surface area contributed by atoms with Gasteiger partial charge >= 0.3 is 0 Å². The summed E-state index contributed by atoms with van der Waals surface area (Å²) >= 11 is 0. The molecular formula is C19H23N5O4S. The van der Waals surface area contributed by atoms with E-state index >= 15 is 0 Å². The summed E-state index contributed by atoms with van der Waals surface area (Å²) in [4.78, 5) is 21.1. The van der Waals surface area contributed by atoms with Gasteiger partial charge in [0.15, 0.2) is 0 Å². The zero-order chi connectivity index (χ0) is 20.8. The van der Waals surface area contributed by atoms with Crippen LogP contribution in [0.3, 0.4) is 0 Å². The van der Waals surface area contributed by atoms with Crippen molar-refractivity contribution in [1.82, 2.24) is 9.29 Å². The minimum Gasteiger partial charge on any atom is -0.493 e. The van der Waals surface area contributed by atoms with Gasteiger partial charge in [0.2, 0.25) is 5.96 Å². The quantitative estimate of drug-likeness (QED) is 0.590. The van der Waals surface area contributed by atoms with Crippen molar-refractivity contribution in [3.05, 3.63) is 53.9 Å². The Bertz CT molecular complexity index is 984. The molecule has 2 aliphatic rings. The van der Waals surface area contributed by atoms with Gasteiger partial charge in [0.1, 0.15) is 22.2 Å². The highest BCUT2D eigenvalue weighted by Crippen LogP contribution is 2.60. The number of carbonyl (C=O) groups is 1. The molecule has 0 saturated heterocycles. The topological polar surface area (TPSA) is 133 Å². The number of benzene rings is 1. The molecule has 2 aromatic rings. The Hall–Kier alpha value is -2.82. The lowest BCUT2D eigenvalue weighted by atomic mass is 9.87. The lowest BCUT2D eigenvalue weighted by molar-refractivity contribution is 0.102. The Morgan fingerprint density at radius 3 is 2.90 bits per heavy atom. The molecule has 9 nitrogen and oxygen atoms in total. The van der Waals surface area contributed by atoms with Crippen molar-refractivity contribution >= 4 is 28.3 Å². The molecule has 0 unspecified atom stereocenters. The first-order valence-corrected chi connectivity index (χ1v) is 10.7. The molecular weight excluding hydrogens is 394 g/mol. The van der Waals surface area contributed by atoms with Crippen LogP contribution in [0.2, 0.25) is 0 Å². The summed E-state index contributed by atoms with van der Waals surface area (Å²) < 4.78 is 28.8. The average Bonchev–Trinajstić information content (AvgIpc) is 2.84. The molecule has 1 aromatic carbocycles. The number of carbonyl (C=O) groups excluding carboxylic acids is 1. The molecule has 29 heavy (non-hydrogen) atoms. The number of aliphatic imine (C=N–C) groups is 1. The van der Waals surface area contributed by atoms with E-state index in [0.717, 1.165) is 0 Å². The largest absolute Gasteiger partial charge is 0.493 e. The van der Waals surface area contributed by atoms with E-state index in [-0.39, 0.29) is 11.9 Å². The van der Waals surface area contributed by atoms with Crippen LogP contribution in [-0.2, 0) is 5.54 Å². The standard InChI is InChI=1S/C19H23N5O4S/c1-19-13-11-12(22-17(25)14-5-3-4-9-21-14)6-7-15(13)28-10-8-16(19)29(26,27)24(2)18(20)23-19/h3-7,9,11,16,26-27H,8,10H2,1-2H3,(H2,20,23)(H,22,25)/t16-,19+/m0/s1. The van der Waals surface area contributed by atoms with Crippen LogP contribution in [0, 0.1) is 0 Å². The number of aromatic nitrogens is 1. The van der Waals surface area contributed by atoms with Gasteiger partial charge in [0.05, 0.1) is 6.61 Å². The molecule has 0 aliphatic carbocycles. The average molecular weight is 417 g/mol. The summed E-state index contributed by atoms with van der Waals surface area (Å²) in [6, 6.07) is 10.3. The predicted molar refractivity (Wildman–Crippen MR) is 112 cm³/mol. The molecule has 154 valence electrons. The number of nitrogens with zero attached hydrogens (tertiary/aromatic N) is 3. The molecule has 2 atom stereocenters. The second-order valence-electron chi connectivity index (χ2n) is 7.18. The van der Waals surface area contributed by atoms with E-state index in [9.17, 15) is 13.9 Å². The Labute approximate surface area is 170 Å². The van der Waals surface area contributed by atoms with Crippen molar-refractivity contribution in [2.75, 3.05) is 19.0 Å². The third kappa shape index (κ3) is 3.18. The number of amides is 1. The highest BCUT2D eigenvalue weighted by Gasteiger charge is 2.52. The fraction of sp³-hybridized carbons (Fsp3) is 0.316. The SMILES string of the molecule is CN1C(N)=N[C@]2(C)c3cc(NC(=O)c4ccccn4)ccc3OCC[C@@H]2S1(O)O. The minimum atomic E-state index is -3.21. The van der Waals surface area contributed by atoms with E-state index in [2.05, 4.69) is 15.3 Å². The molecule has 0 bridgehead atoms. The molecule has 4 rings (SSSR count). The Morgan fingerprint density at radius 2 is 2.17 bits per heavy atom. The number of nitrogens with one attached hydrogen (secondary N) is 1. The predicted octanol–water partition coefficient (Wildman–Crippen LogP) is 2.63. The molecule has 0 fully saturated rings. The van der Waals surface area contributed by atoms with Crippen LogP contribution in [-0.4, -0.2) is 49.2 Å². The van der Waals surface area contributed by atoms with Gasteiger partial charge < -0.3 is 15.8 Å². The van der Waals surface area contributed by atoms with Crippen LogP contribution < -0.4 is 15.8 Å². The molecule has 0 saturated carbocycles. The number of anilines is 1. The molecule has 0 radical (unpaired) electrons. The monoisotopic (exact) mass is 417 g/mol. The first-order chi connectivity index (χ1) is 13.7. The van der Waals surface area contributed by atoms with Crippen LogP contribution >= 0.6 is 10.8 Å². The van der Waals surface area contributed by atoms with E-state index < -0.39 is 21.6 Å². The Kier molecular flexibility index (Phi) is 4.64. The summed E-state index contributed by atoms with van der Waals surface area (Å²) in [5.41, 5.74) is 6.43. The minimum absolute atomic E-state index is 0.0412. The Balaban J connectivity index is 1.76. The molecule has 2 aliphatic heterocycles. The van der Waals surface area contributed by atoms with Crippen molar-refractivity contribution in [2.45, 2.75) is 24.1 Å². The second-order valence-corrected chi connectivity index (χ2v) is 9.42. The summed E-state index contributed by atoms with van der Waals surface area (Å²) in [6.45, 7) is 2.12. The third-order valence-corrected chi connectivity index (χ3v) is 7.85. The zero-order valence-corrected chi connectivity index (χ0v) is 16.9. The molecule has 1 amide bonds. The molecule has 5 N–H and O–H groups in total. The molecule has 1 aromatic heterocycles. The van der Waals surface area contributed by atoms with Crippen LogP contribution in [0.5, 0.6) is 5.75 Å². The van der Waals surface area contributed by atoms with E-state index in [1.54, 1.807) is 42.6 Å². The number of pyridine rings is 1. The maximum absolute atomic E-state index is 12.5. The van der Waals surface area contributed by atoms with E-state index in [1.807, 2.05) is 6.92 Å². The number of nitrogens with two attached hydrogens (primary N) is 1. The van der Waals surface area contributed by atoms with Gasteiger partial charge in [-0.1, -0.05) is 6.07 Å². The third-order valence-electron chi connectivity index (χ3n) is 5.40. The van der Waals surface area contributed by atoms with Gasteiger partial charge in [-0.2, -0.15) is 0 Å². The lowest BCUT2D eigenvalue weighted by Crippen LogP contribution is -2.53. The lowest BCUT2D eigenvalue weighted by Gasteiger charge is -2.54. The number of hydrogen-bond acceptors (Lipinski definition) is 8. The van der Waals surface area contributed by atoms with Crippen molar-refractivity contribution in [2.24, 2.45) is 10.7 Å². The van der Waals surface area contributed by atoms with Gasteiger partial charge in [0, 0.05) is 30.9 Å². The summed E-state index contributed by atoms with van der Waals surface area (Å²) in [7, 11) is -1.70. The first-order valence-electron chi connectivity index (χ1n) is 9.09. The van der Waals surface area contributed by atoms with Crippen LogP contribution in [0.1, 0.15) is 29.4 Å². The van der Waals surface area contributed by atoms with E-state index in [4.69, 9.17) is 10.5 Å². The molecule has 3 heterocycles. The fourth-order valence-electron chi connectivity index (χ4n) is 3.79. The number of ether oxygens (including phenoxy) is 1. The highest BCUT2D eigenvalue weighted by molar-refractivity contribution is 8.23. The van der Waals surface area contributed by atoms with E-state index in [1.165, 1.54) is 11.4 Å². The van der Waals surface area contributed by atoms with Crippen LogP contribution in [0.15, 0.2) is 47.6 Å². The maximum atomic E-state index is 12.5. The summed E-state index contributed by atoms with van der Waals surface area (Å²) in [6.07, 6.45) is 1.94. The Morgan fingerprint density at radius 1 is 1.38 bits per heavy atom. The fourth-order valence-corrected chi connectivity index (χ4v) is 5.69. The van der Waals surface area contributed by atoms with Gasteiger partial charge in [-0.05, 0) is 37.3 Å². The number of fused-ring (bicyclic) bond motifs is 3. The number of rotatable bonds is 2. The first kappa shape index (κ1) is 19.5. The highest BCUT2D eigenvalue weighted by atomic mass is 32.3. The second kappa shape index (κ2) is 6.90. The van der Waals surface area contributed by atoms with Gasteiger partial charge in [-0.3, -0.25) is 18.9 Å². The molecule has 10 heteroatoms. The van der Waals surface area contributed by atoms with Crippen LogP contribution in [0.4, 0.5) is 5.69 Å². The van der Waals surface area contributed by atoms with Crippen molar-refractivity contribution < 1.29 is 18.6 Å².